The molecular weight excluding hydrogens is 333 g/mol. The predicted molar refractivity (Wildman–Crippen MR) is 94.1 cm³/mol. The van der Waals surface area contributed by atoms with Crippen molar-refractivity contribution in [1.29, 1.82) is 0 Å². The van der Waals surface area contributed by atoms with Crippen LogP contribution in [0, 0.1) is 0 Å². The summed E-state index contributed by atoms with van der Waals surface area (Å²) in [6.07, 6.45) is 4.91. The smallest absolute Gasteiger partial charge is 0.232 e. The second kappa shape index (κ2) is 6.80. The van der Waals surface area contributed by atoms with Crippen molar-refractivity contribution in [2.24, 2.45) is 5.73 Å². The molecule has 126 valence electrons. The highest BCUT2D eigenvalue weighted by Gasteiger charge is 2.38. The molecule has 3 rings (SSSR count). The number of benzene rings is 1. The lowest BCUT2D eigenvalue weighted by Crippen LogP contribution is -2.34. The van der Waals surface area contributed by atoms with Gasteiger partial charge in [-0.25, -0.2) is 0 Å². The van der Waals surface area contributed by atoms with E-state index in [1.165, 1.54) is 0 Å². The van der Waals surface area contributed by atoms with Crippen LogP contribution in [0.5, 0.6) is 0 Å². The summed E-state index contributed by atoms with van der Waals surface area (Å²) in [6.45, 7) is 4.20. The standard InChI is InChI=1S/C17H22ClN3O.ClH/c1-16(2,11-12-6-5-7-13(18)10-12)15-20-14(21-22-15)17(19)8-3-4-9-17;/h5-7,10H,3-4,8-9,11,19H2,1-2H3;1H. The van der Waals surface area contributed by atoms with Crippen molar-refractivity contribution < 1.29 is 4.52 Å². The first-order chi connectivity index (χ1) is 10.4. The zero-order valence-electron chi connectivity index (χ0n) is 13.5. The van der Waals surface area contributed by atoms with E-state index in [1.54, 1.807) is 0 Å². The molecule has 1 aromatic heterocycles. The monoisotopic (exact) mass is 355 g/mol. The summed E-state index contributed by atoms with van der Waals surface area (Å²) in [5.74, 6) is 1.29. The number of nitrogens with zero attached hydrogens (tertiary/aromatic N) is 2. The maximum Gasteiger partial charge on any atom is 0.232 e. The lowest BCUT2D eigenvalue weighted by atomic mass is 9.85. The van der Waals surface area contributed by atoms with Crippen molar-refractivity contribution in [3.8, 4) is 0 Å². The molecule has 0 spiro atoms. The Morgan fingerprint density at radius 2 is 2.00 bits per heavy atom. The van der Waals surface area contributed by atoms with E-state index in [0.717, 1.165) is 42.7 Å². The number of rotatable bonds is 4. The molecule has 0 bridgehead atoms. The fourth-order valence-electron chi connectivity index (χ4n) is 3.16. The van der Waals surface area contributed by atoms with E-state index in [2.05, 4.69) is 30.1 Å². The van der Waals surface area contributed by atoms with Crippen LogP contribution in [0.3, 0.4) is 0 Å². The zero-order chi connectivity index (χ0) is 15.8. The van der Waals surface area contributed by atoms with Crippen molar-refractivity contribution in [3.63, 3.8) is 0 Å². The first-order valence-electron chi connectivity index (χ1n) is 7.77. The molecule has 1 fully saturated rings. The van der Waals surface area contributed by atoms with Crippen LogP contribution < -0.4 is 5.73 Å². The molecule has 1 heterocycles. The maximum absolute atomic E-state index is 6.41. The highest BCUT2D eigenvalue weighted by Crippen LogP contribution is 2.36. The van der Waals surface area contributed by atoms with Crippen molar-refractivity contribution >= 4 is 24.0 Å². The Morgan fingerprint density at radius 3 is 2.65 bits per heavy atom. The van der Waals surface area contributed by atoms with Crippen LogP contribution in [0.1, 0.15) is 56.8 Å². The number of hydrogen-bond acceptors (Lipinski definition) is 4. The molecule has 6 heteroatoms. The van der Waals surface area contributed by atoms with Gasteiger partial charge in [-0.15, -0.1) is 12.4 Å². The lowest BCUT2D eigenvalue weighted by molar-refractivity contribution is 0.297. The van der Waals surface area contributed by atoms with Gasteiger partial charge >= 0.3 is 0 Å². The highest BCUT2D eigenvalue weighted by molar-refractivity contribution is 6.30. The Labute approximate surface area is 148 Å². The summed E-state index contributed by atoms with van der Waals surface area (Å²) >= 11 is 6.06. The Balaban J connectivity index is 0.00000192. The summed E-state index contributed by atoms with van der Waals surface area (Å²) in [7, 11) is 0. The zero-order valence-corrected chi connectivity index (χ0v) is 15.1. The van der Waals surface area contributed by atoms with E-state index in [9.17, 15) is 0 Å². The molecule has 23 heavy (non-hydrogen) atoms. The quantitative estimate of drug-likeness (QED) is 0.882. The molecule has 1 aliphatic carbocycles. The SMILES string of the molecule is CC(C)(Cc1cccc(Cl)c1)c1nc(C2(N)CCCC2)no1.Cl. The van der Waals surface area contributed by atoms with Crippen LogP contribution >= 0.6 is 24.0 Å². The van der Waals surface area contributed by atoms with E-state index in [1.807, 2.05) is 18.2 Å². The first-order valence-corrected chi connectivity index (χ1v) is 8.15. The normalized spacial score (nSPS) is 17.0. The van der Waals surface area contributed by atoms with Crippen LogP contribution in [0.4, 0.5) is 0 Å². The second-order valence-electron chi connectivity index (χ2n) is 6.98. The molecule has 0 aliphatic heterocycles. The van der Waals surface area contributed by atoms with Gasteiger partial charge in [0.15, 0.2) is 5.82 Å². The number of halogens is 2. The molecule has 1 aliphatic rings. The van der Waals surface area contributed by atoms with Gasteiger partial charge in [-0.3, -0.25) is 0 Å². The number of hydrogen-bond donors (Lipinski definition) is 1. The maximum atomic E-state index is 6.41. The highest BCUT2D eigenvalue weighted by atomic mass is 35.5. The van der Waals surface area contributed by atoms with Crippen molar-refractivity contribution in [3.05, 3.63) is 46.6 Å². The lowest BCUT2D eigenvalue weighted by Gasteiger charge is -2.21. The van der Waals surface area contributed by atoms with Crippen molar-refractivity contribution in [2.75, 3.05) is 0 Å². The molecule has 1 saturated carbocycles. The fraction of sp³-hybridized carbons (Fsp3) is 0.529. The third-order valence-electron chi connectivity index (χ3n) is 4.48. The summed E-state index contributed by atoms with van der Waals surface area (Å²) in [5.41, 5.74) is 6.89. The van der Waals surface area contributed by atoms with Gasteiger partial charge in [0.05, 0.1) is 5.54 Å². The third-order valence-corrected chi connectivity index (χ3v) is 4.72. The Hall–Kier alpha value is -1.10. The molecule has 0 atom stereocenters. The first kappa shape index (κ1) is 18.2. The summed E-state index contributed by atoms with van der Waals surface area (Å²) in [4.78, 5) is 4.62. The van der Waals surface area contributed by atoms with Gasteiger partial charge in [0.1, 0.15) is 0 Å². The molecule has 4 nitrogen and oxygen atoms in total. The van der Waals surface area contributed by atoms with Gasteiger partial charge in [-0.05, 0) is 37.0 Å². The van der Waals surface area contributed by atoms with Crippen LogP contribution in [0.2, 0.25) is 5.02 Å². The van der Waals surface area contributed by atoms with Crippen LogP contribution in [0.15, 0.2) is 28.8 Å². The summed E-state index contributed by atoms with van der Waals surface area (Å²) in [6, 6.07) is 7.87. The average molecular weight is 356 g/mol. The summed E-state index contributed by atoms with van der Waals surface area (Å²) < 4.78 is 5.54. The molecule has 0 saturated heterocycles. The van der Waals surface area contributed by atoms with Gasteiger partial charge in [-0.2, -0.15) is 4.98 Å². The molecule has 1 aromatic carbocycles. The number of aromatic nitrogens is 2. The van der Waals surface area contributed by atoms with E-state index in [-0.39, 0.29) is 17.8 Å². The minimum Gasteiger partial charge on any atom is -0.339 e. The molecule has 0 amide bonds. The van der Waals surface area contributed by atoms with Gasteiger partial charge < -0.3 is 10.3 Å². The minimum atomic E-state index is -0.409. The summed E-state index contributed by atoms with van der Waals surface area (Å²) in [5, 5.41) is 4.90. The Bertz CT molecular complexity index is 663. The van der Waals surface area contributed by atoms with Gasteiger partial charge in [-0.1, -0.05) is 55.6 Å². The van der Waals surface area contributed by atoms with Gasteiger partial charge in [0, 0.05) is 10.4 Å². The van der Waals surface area contributed by atoms with Crippen LogP contribution in [0.25, 0.3) is 0 Å². The molecule has 0 radical (unpaired) electrons. The van der Waals surface area contributed by atoms with Gasteiger partial charge in [0.25, 0.3) is 0 Å². The average Bonchev–Trinajstić information content (AvgIpc) is 3.08. The Morgan fingerprint density at radius 1 is 1.30 bits per heavy atom. The van der Waals surface area contributed by atoms with E-state index < -0.39 is 5.54 Å². The molecule has 2 N–H and O–H groups in total. The predicted octanol–water partition coefficient (Wildman–Crippen LogP) is 4.39. The van der Waals surface area contributed by atoms with E-state index >= 15 is 0 Å². The van der Waals surface area contributed by atoms with E-state index in [4.69, 9.17) is 21.9 Å². The topological polar surface area (TPSA) is 64.9 Å². The third kappa shape index (κ3) is 3.87. The van der Waals surface area contributed by atoms with Crippen LogP contribution in [-0.2, 0) is 17.4 Å². The Kier molecular flexibility index (Phi) is 5.39. The minimum absolute atomic E-state index is 0. The van der Waals surface area contributed by atoms with Gasteiger partial charge in [0.2, 0.25) is 5.89 Å². The molecular formula is C17H23Cl2N3O. The largest absolute Gasteiger partial charge is 0.339 e. The molecule has 2 aromatic rings. The fourth-order valence-corrected chi connectivity index (χ4v) is 3.38. The van der Waals surface area contributed by atoms with Crippen LogP contribution in [-0.4, -0.2) is 10.1 Å². The van der Waals surface area contributed by atoms with Crippen molar-refractivity contribution in [1.82, 2.24) is 10.1 Å². The number of nitrogens with two attached hydrogens (primary N) is 1. The second-order valence-corrected chi connectivity index (χ2v) is 7.41. The molecule has 0 unspecified atom stereocenters. The van der Waals surface area contributed by atoms with Crippen molar-refractivity contribution in [2.45, 2.75) is 56.9 Å². The van der Waals surface area contributed by atoms with E-state index in [0.29, 0.717) is 11.7 Å².